The van der Waals surface area contributed by atoms with Crippen molar-refractivity contribution in [2.75, 3.05) is 0 Å². The lowest BCUT2D eigenvalue weighted by Crippen LogP contribution is -2.09. The van der Waals surface area contributed by atoms with Crippen molar-refractivity contribution in [1.29, 1.82) is 0 Å². The molecular formula is C12H13ClO. The SMILES string of the molecule is O=C1CCCC1Cc1cccc(Cl)c1. The third-order valence-electron chi connectivity index (χ3n) is 2.80. The molecule has 0 aliphatic heterocycles. The molecule has 0 bridgehead atoms. The molecule has 2 rings (SSSR count). The molecule has 0 radical (unpaired) electrons. The average Bonchev–Trinajstić information content (AvgIpc) is 2.52. The normalized spacial score (nSPS) is 21.5. The zero-order chi connectivity index (χ0) is 9.97. The summed E-state index contributed by atoms with van der Waals surface area (Å²) in [5.41, 5.74) is 1.18. The van der Waals surface area contributed by atoms with Crippen molar-refractivity contribution in [3.05, 3.63) is 34.9 Å². The molecule has 0 heterocycles. The maximum atomic E-state index is 11.4. The molecule has 1 aromatic carbocycles. The molecule has 1 atom stereocenters. The van der Waals surface area contributed by atoms with Crippen LogP contribution >= 0.6 is 11.6 Å². The van der Waals surface area contributed by atoms with Crippen molar-refractivity contribution in [3.8, 4) is 0 Å². The van der Waals surface area contributed by atoms with Crippen LogP contribution in [0.15, 0.2) is 24.3 Å². The van der Waals surface area contributed by atoms with Crippen LogP contribution < -0.4 is 0 Å². The van der Waals surface area contributed by atoms with E-state index in [1.165, 1.54) is 5.56 Å². The topological polar surface area (TPSA) is 17.1 Å². The Morgan fingerprint density at radius 1 is 1.43 bits per heavy atom. The zero-order valence-electron chi connectivity index (χ0n) is 8.00. The van der Waals surface area contributed by atoms with Gasteiger partial charge in [0.2, 0.25) is 0 Å². The van der Waals surface area contributed by atoms with Crippen molar-refractivity contribution in [2.45, 2.75) is 25.7 Å². The van der Waals surface area contributed by atoms with Crippen LogP contribution in [0.1, 0.15) is 24.8 Å². The van der Waals surface area contributed by atoms with Gasteiger partial charge >= 0.3 is 0 Å². The average molecular weight is 209 g/mol. The Morgan fingerprint density at radius 2 is 2.29 bits per heavy atom. The van der Waals surface area contributed by atoms with Gasteiger partial charge in [0.25, 0.3) is 0 Å². The minimum atomic E-state index is 0.244. The van der Waals surface area contributed by atoms with Crippen LogP contribution in [0.4, 0.5) is 0 Å². The van der Waals surface area contributed by atoms with Gasteiger partial charge in [0.1, 0.15) is 5.78 Å². The van der Waals surface area contributed by atoms with Crippen LogP contribution in [0.5, 0.6) is 0 Å². The van der Waals surface area contributed by atoms with E-state index in [9.17, 15) is 4.79 Å². The highest BCUT2D eigenvalue weighted by Gasteiger charge is 2.24. The lowest BCUT2D eigenvalue weighted by Gasteiger charge is -2.07. The highest BCUT2D eigenvalue weighted by Crippen LogP contribution is 2.25. The zero-order valence-corrected chi connectivity index (χ0v) is 8.76. The second-order valence-corrected chi connectivity index (χ2v) is 4.33. The predicted octanol–water partition coefficient (Wildman–Crippen LogP) is 3.25. The number of carbonyl (C=O) groups is 1. The first-order chi connectivity index (χ1) is 6.75. The minimum absolute atomic E-state index is 0.244. The smallest absolute Gasteiger partial charge is 0.136 e. The van der Waals surface area contributed by atoms with Gasteiger partial charge in [0.05, 0.1) is 0 Å². The second kappa shape index (κ2) is 4.14. The van der Waals surface area contributed by atoms with Gasteiger partial charge in [-0.15, -0.1) is 0 Å². The molecule has 14 heavy (non-hydrogen) atoms. The van der Waals surface area contributed by atoms with Gasteiger partial charge < -0.3 is 0 Å². The van der Waals surface area contributed by atoms with Crippen molar-refractivity contribution in [3.63, 3.8) is 0 Å². The van der Waals surface area contributed by atoms with Gasteiger partial charge in [-0.2, -0.15) is 0 Å². The van der Waals surface area contributed by atoms with E-state index in [1.807, 2.05) is 24.3 Å². The summed E-state index contributed by atoms with van der Waals surface area (Å²) in [6, 6.07) is 7.79. The number of rotatable bonds is 2. The summed E-state index contributed by atoms with van der Waals surface area (Å²) in [7, 11) is 0. The van der Waals surface area contributed by atoms with Crippen LogP contribution in [0, 0.1) is 5.92 Å². The van der Waals surface area contributed by atoms with Gasteiger partial charge in [-0.05, 0) is 37.0 Å². The first-order valence-corrected chi connectivity index (χ1v) is 5.40. The number of carbonyl (C=O) groups excluding carboxylic acids is 1. The van der Waals surface area contributed by atoms with Crippen LogP contribution in [0.3, 0.4) is 0 Å². The molecule has 1 nitrogen and oxygen atoms in total. The summed E-state index contributed by atoms with van der Waals surface area (Å²) in [6.07, 6.45) is 3.74. The molecule has 74 valence electrons. The summed E-state index contributed by atoms with van der Waals surface area (Å²) < 4.78 is 0. The van der Waals surface area contributed by atoms with Gasteiger partial charge in [-0.3, -0.25) is 4.79 Å². The fraction of sp³-hybridized carbons (Fsp3) is 0.417. The second-order valence-electron chi connectivity index (χ2n) is 3.89. The number of benzene rings is 1. The maximum absolute atomic E-state index is 11.4. The largest absolute Gasteiger partial charge is 0.299 e. The standard InChI is InChI=1S/C12H13ClO/c13-11-5-1-3-9(8-11)7-10-4-2-6-12(10)14/h1,3,5,8,10H,2,4,6-7H2. The number of hydrogen-bond acceptors (Lipinski definition) is 1. The van der Waals surface area contributed by atoms with Crippen molar-refractivity contribution in [1.82, 2.24) is 0 Å². The fourth-order valence-corrected chi connectivity index (χ4v) is 2.27. The van der Waals surface area contributed by atoms with Crippen LogP contribution in [-0.4, -0.2) is 5.78 Å². The van der Waals surface area contributed by atoms with Gasteiger partial charge in [-0.1, -0.05) is 23.7 Å². The molecule has 1 unspecified atom stereocenters. The highest BCUT2D eigenvalue weighted by molar-refractivity contribution is 6.30. The Morgan fingerprint density at radius 3 is 2.93 bits per heavy atom. The summed E-state index contributed by atoms with van der Waals surface area (Å²) in [4.78, 5) is 11.4. The Balaban J connectivity index is 2.07. The monoisotopic (exact) mass is 208 g/mol. The third kappa shape index (κ3) is 2.16. The maximum Gasteiger partial charge on any atom is 0.136 e. The van der Waals surface area contributed by atoms with E-state index in [4.69, 9.17) is 11.6 Å². The lowest BCUT2D eigenvalue weighted by atomic mass is 9.97. The molecule has 1 aromatic rings. The van der Waals surface area contributed by atoms with Crippen molar-refractivity contribution >= 4 is 17.4 Å². The number of ketones is 1. The molecule has 0 aromatic heterocycles. The Labute approximate surface area is 89.1 Å². The molecule has 0 saturated heterocycles. The lowest BCUT2D eigenvalue weighted by molar-refractivity contribution is -0.120. The number of hydrogen-bond donors (Lipinski definition) is 0. The van der Waals surface area contributed by atoms with E-state index >= 15 is 0 Å². The third-order valence-corrected chi connectivity index (χ3v) is 3.04. The van der Waals surface area contributed by atoms with E-state index in [-0.39, 0.29) is 5.92 Å². The van der Waals surface area contributed by atoms with E-state index in [0.29, 0.717) is 5.78 Å². The van der Waals surface area contributed by atoms with E-state index in [1.54, 1.807) is 0 Å². The van der Waals surface area contributed by atoms with Gasteiger partial charge in [0, 0.05) is 17.4 Å². The molecule has 1 aliphatic carbocycles. The first-order valence-electron chi connectivity index (χ1n) is 5.03. The van der Waals surface area contributed by atoms with Crippen LogP contribution in [0.25, 0.3) is 0 Å². The fourth-order valence-electron chi connectivity index (χ4n) is 2.05. The van der Waals surface area contributed by atoms with Gasteiger partial charge in [0.15, 0.2) is 0 Å². The summed E-state index contributed by atoms with van der Waals surface area (Å²) >= 11 is 5.88. The molecule has 1 aliphatic rings. The Kier molecular flexibility index (Phi) is 2.87. The van der Waals surface area contributed by atoms with Crippen molar-refractivity contribution in [2.24, 2.45) is 5.92 Å². The molecule has 0 amide bonds. The van der Waals surface area contributed by atoms with Crippen LogP contribution in [0.2, 0.25) is 5.02 Å². The molecular weight excluding hydrogens is 196 g/mol. The van der Waals surface area contributed by atoms with E-state index < -0.39 is 0 Å². The molecule has 0 spiro atoms. The number of Topliss-reactive ketones (excluding diaryl/α,β-unsaturated/α-hetero) is 1. The quantitative estimate of drug-likeness (QED) is 0.729. The van der Waals surface area contributed by atoms with E-state index in [0.717, 1.165) is 30.7 Å². The van der Waals surface area contributed by atoms with E-state index in [2.05, 4.69) is 0 Å². The summed E-state index contributed by atoms with van der Waals surface area (Å²) in [5, 5.41) is 0.757. The summed E-state index contributed by atoms with van der Waals surface area (Å²) in [6.45, 7) is 0. The predicted molar refractivity (Wildman–Crippen MR) is 57.5 cm³/mol. The number of halogens is 1. The minimum Gasteiger partial charge on any atom is -0.299 e. The van der Waals surface area contributed by atoms with Crippen LogP contribution in [-0.2, 0) is 11.2 Å². The summed E-state index contributed by atoms with van der Waals surface area (Å²) in [5.74, 6) is 0.665. The first kappa shape index (κ1) is 9.72. The molecule has 1 saturated carbocycles. The molecule has 1 fully saturated rings. The molecule has 2 heteroatoms. The molecule has 0 N–H and O–H groups in total. The highest BCUT2D eigenvalue weighted by atomic mass is 35.5. The Bertz CT molecular complexity index is 346. The Hall–Kier alpha value is -0.820. The van der Waals surface area contributed by atoms with Crippen molar-refractivity contribution < 1.29 is 4.79 Å². The van der Waals surface area contributed by atoms with Gasteiger partial charge in [-0.25, -0.2) is 0 Å².